The first-order chi connectivity index (χ1) is 21.1. The summed E-state index contributed by atoms with van der Waals surface area (Å²) < 4.78 is 34.7. The first-order valence-electron chi connectivity index (χ1n) is 14.9. The van der Waals surface area contributed by atoms with Crippen molar-refractivity contribution in [3.8, 4) is 11.5 Å². The van der Waals surface area contributed by atoms with E-state index in [2.05, 4.69) is 44.3 Å². The molecule has 0 radical (unpaired) electrons. The quantitative estimate of drug-likeness (QED) is 0.210. The van der Waals surface area contributed by atoms with Gasteiger partial charge < -0.3 is 20.1 Å². The van der Waals surface area contributed by atoms with Crippen LogP contribution in [0, 0.1) is 0 Å². The molecule has 0 spiro atoms. The van der Waals surface area contributed by atoms with Gasteiger partial charge in [-0.2, -0.15) is 0 Å². The Hall–Kier alpha value is -4.21. The number of pyridine rings is 1. The Morgan fingerprint density at radius 3 is 2.90 bits per heavy atom. The minimum atomic E-state index is -2.81. The Bertz CT molecular complexity index is 1650. The van der Waals surface area contributed by atoms with E-state index in [9.17, 15) is 4.79 Å². The molecule has 10 heteroatoms. The topological polar surface area (TPSA) is 102 Å². The summed E-state index contributed by atoms with van der Waals surface area (Å²) in [6.07, 6.45) is 8.44. The molecule has 1 saturated heterocycles. The molecule has 2 aromatic carbocycles. The monoisotopic (exact) mass is 575 g/mol. The molecule has 0 saturated carbocycles. The van der Waals surface area contributed by atoms with E-state index in [1.807, 2.05) is 24.3 Å². The number of aromatic nitrogens is 3. The number of amides is 1. The van der Waals surface area contributed by atoms with Gasteiger partial charge in [0.25, 0.3) is 0 Å². The zero-order valence-corrected chi connectivity index (χ0v) is 23.6. The second-order valence-electron chi connectivity index (χ2n) is 9.93. The molecule has 2 aromatic heterocycles. The van der Waals surface area contributed by atoms with Crippen molar-refractivity contribution in [1.29, 1.82) is 0 Å². The van der Waals surface area contributed by atoms with E-state index < -0.39 is 12.9 Å². The van der Waals surface area contributed by atoms with E-state index in [1.54, 1.807) is 36.5 Å². The highest BCUT2D eigenvalue weighted by Crippen LogP contribution is 2.38. The van der Waals surface area contributed by atoms with E-state index in [1.165, 1.54) is 12.4 Å². The Labute approximate surface area is 248 Å². The van der Waals surface area contributed by atoms with Crippen molar-refractivity contribution in [3.05, 3.63) is 83.9 Å². The van der Waals surface area contributed by atoms with Gasteiger partial charge in [0.2, 0.25) is 5.91 Å². The van der Waals surface area contributed by atoms with Gasteiger partial charge in [-0.3, -0.25) is 14.7 Å². The average Bonchev–Trinajstić information content (AvgIpc) is 3.46. The number of nitrogens with one attached hydrogen (secondary N) is 2. The number of halogens is 1. The molecule has 1 aliphatic rings. The number of ether oxygens (including phenoxy) is 2. The lowest BCUT2D eigenvalue weighted by molar-refractivity contribution is -0.112. The van der Waals surface area contributed by atoms with Crippen LogP contribution in [0.15, 0.2) is 73.2 Å². The first kappa shape index (κ1) is 24.6. The minimum absolute atomic E-state index is 0.0848. The van der Waals surface area contributed by atoms with Crippen molar-refractivity contribution in [2.24, 2.45) is 0 Å². The van der Waals surface area contributed by atoms with Gasteiger partial charge in [0.1, 0.15) is 24.5 Å². The first-order valence-corrected chi connectivity index (χ1v) is 13.8. The molecule has 0 unspecified atom stereocenters. The van der Waals surface area contributed by atoms with Crippen LogP contribution in [0.25, 0.3) is 10.9 Å². The number of benzene rings is 2. The Kier molecular flexibility index (Phi) is 7.77. The van der Waals surface area contributed by atoms with Gasteiger partial charge in [-0.05, 0) is 75.7 Å². The fourth-order valence-corrected chi connectivity index (χ4v) is 5.16. The van der Waals surface area contributed by atoms with Gasteiger partial charge in [-0.15, -0.1) is 0 Å². The van der Waals surface area contributed by atoms with Gasteiger partial charge in [-0.25, -0.2) is 9.97 Å². The number of likely N-dealkylation sites (tertiary alicyclic amines) is 1. The van der Waals surface area contributed by atoms with Crippen molar-refractivity contribution >= 4 is 45.6 Å². The van der Waals surface area contributed by atoms with E-state index >= 15 is 0 Å². The van der Waals surface area contributed by atoms with Crippen LogP contribution >= 0.6 is 11.6 Å². The number of anilines is 3. The summed E-state index contributed by atoms with van der Waals surface area (Å²) in [5.41, 5.74) is 1.90. The highest BCUT2D eigenvalue weighted by Gasteiger charge is 2.24. The van der Waals surface area contributed by atoms with Crippen molar-refractivity contribution in [1.82, 2.24) is 19.9 Å². The van der Waals surface area contributed by atoms with Crippen LogP contribution < -0.4 is 20.1 Å². The largest absolute Gasteiger partial charge is 0.494 e. The maximum Gasteiger partial charge on any atom is 0.248 e. The van der Waals surface area contributed by atoms with Crippen LogP contribution in [0.3, 0.4) is 0 Å². The predicted molar refractivity (Wildman–Crippen MR) is 162 cm³/mol. The third-order valence-corrected chi connectivity index (χ3v) is 7.18. The fourth-order valence-electron chi connectivity index (χ4n) is 4.92. The molecule has 4 aromatic rings. The van der Waals surface area contributed by atoms with Crippen LogP contribution in [0.1, 0.15) is 36.5 Å². The third kappa shape index (κ3) is 6.75. The second-order valence-corrected chi connectivity index (χ2v) is 10.3. The highest BCUT2D eigenvalue weighted by molar-refractivity contribution is 6.32. The van der Waals surface area contributed by atoms with Gasteiger partial charge >= 0.3 is 0 Å². The lowest BCUT2D eigenvalue weighted by Crippen LogP contribution is -2.34. The molecular weight excluding hydrogens is 540 g/mol. The fraction of sp³-hybridized carbons (Fsp3) is 0.290. The molecule has 2 N–H and O–H groups in total. The van der Waals surface area contributed by atoms with Crippen LogP contribution in [0.2, 0.25) is 5.02 Å². The van der Waals surface area contributed by atoms with Crippen LogP contribution in [0.5, 0.6) is 11.5 Å². The van der Waals surface area contributed by atoms with Crippen molar-refractivity contribution in [2.75, 3.05) is 24.2 Å². The number of carbonyl (C=O) groups is 1. The molecule has 1 atom stereocenters. The number of methoxy groups -OCH3 is 1. The summed E-state index contributed by atoms with van der Waals surface area (Å²) in [4.78, 5) is 28.2. The summed E-state index contributed by atoms with van der Waals surface area (Å²) in [7, 11) is -2.81. The highest BCUT2D eigenvalue weighted by atomic mass is 35.5. The van der Waals surface area contributed by atoms with Crippen LogP contribution in [-0.4, -0.2) is 51.4 Å². The predicted octanol–water partition coefficient (Wildman–Crippen LogP) is 6.38. The standard InChI is InChI=1S/C31H33ClN6O3/c1-20(2)38-16-6-8-23(38)10-14-28(39)37-26-12-11-25-29(30(26)40-3)31(35-19-34-25)36-21-9-13-27(24(32)17-21)41-18-22-7-4-5-15-33-22/h4-5,7,9-15,17,19-20,23H,6,8,16,18H2,1-3H3,(H,37,39)(H,34,35,36)/b14-10+/t23-/m1/s1/i3D3. The smallest absolute Gasteiger partial charge is 0.248 e. The Morgan fingerprint density at radius 2 is 2.12 bits per heavy atom. The number of hydrogen-bond donors (Lipinski definition) is 2. The van der Waals surface area contributed by atoms with Gasteiger partial charge in [-0.1, -0.05) is 23.7 Å². The van der Waals surface area contributed by atoms with Gasteiger partial charge in [0.05, 0.1) is 38.5 Å². The molecule has 212 valence electrons. The van der Waals surface area contributed by atoms with E-state index in [-0.39, 0.29) is 35.3 Å². The van der Waals surface area contributed by atoms with E-state index in [0.29, 0.717) is 28.0 Å². The van der Waals surface area contributed by atoms with E-state index in [4.69, 9.17) is 25.2 Å². The molecule has 0 bridgehead atoms. The molecule has 5 rings (SSSR count). The average molecular weight is 576 g/mol. The number of rotatable bonds is 10. The number of carbonyl (C=O) groups excluding carboxylic acids is 1. The lowest BCUT2D eigenvalue weighted by Gasteiger charge is -2.25. The van der Waals surface area contributed by atoms with Crippen molar-refractivity contribution in [2.45, 2.75) is 45.4 Å². The van der Waals surface area contributed by atoms with E-state index in [0.717, 1.165) is 25.1 Å². The third-order valence-electron chi connectivity index (χ3n) is 6.89. The van der Waals surface area contributed by atoms with Crippen molar-refractivity contribution < 1.29 is 18.4 Å². The zero-order valence-electron chi connectivity index (χ0n) is 25.8. The van der Waals surface area contributed by atoms with Crippen LogP contribution in [-0.2, 0) is 11.4 Å². The summed E-state index contributed by atoms with van der Waals surface area (Å²) >= 11 is 6.51. The maximum atomic E-state index is 13.0. The van der Waals surface area contributed by atoms with Crippen molar-refractivity contribution in [3.63, 3.8) is 0 Å². The molecule has 9 nitrogen and oxygen atoms in total. The Morgan fingerprint density at radius 1 is 1.22 bits per heavy atom. The summed E-state index contributed by atoms with van der Waals surface area (Å²) in [6.45, 7) is 5.50. The molecule has 1 aliphatic heterocycles. The van der Waals surface area contributed by atoms with Crippen LogP contribution in [0.4, 0.5) is 17.2 Å². The molecule has 0 aliphatic carbocycles. The normalized spacial score (nSPS) is 16.9. The maximum absolute atomic E-state index is 13.0. The van der Waals surface area contributed by atoms with Gasteiger partial charge in [0.15, 0.2) is 5.75 Å². The summed E-state index contributed by atoms with van der Waals surface area (Å²) in [6, 6.07) is 14.4. The molecule has 1 fully saturated rings. The molecule has 3 heterocycles. The molecule has 41 heavy (non-hydrogen) atoms. The summed E-state index contributed by atoms with van der Waals surface area (Å²) in [5.74, 6) is 0.236. The number of hydrogen-bond acceptors (Lipinski definition) is 8. The Balaban J connectivity index is 1.41. The summed E-state index contributed by atoms with van der Waals surface area (Å²) in [5, 5.41) is 6.58. The SMILES string of the molecule is [2H]C([2H])([2H])Oc1c(NC(=O)/C=C/[C@H]2CCCN2C(C)C)ccc2ncnc(Nc3ccc(OCc4ccccn4)c(Cl)c3)c12. The molecule has 1 amide bonds. The molecular formula is C31H33ClN6O3. The van der Waals surface area contributed by atoms with Gasteiger partial charge in [0, 0.05) is 30.0 Å². The second kappa shape index (κ2) is 13.0. The number of fused-ring (bicyclic) bond motifs is 1. The minimum Gasteiger partial charge on any atom is -0.494 e. The zero-order chi connectivity index (χ0) is 31.3. The number of nitrogens with zero attached hydrogens (tertiary/aromatic N) is 4. The lowest BCUT2D eigenvalue weighted by atomic mass is 10.1.